The lowest BCUT2D eigenvalue weighted by molar-refractivity contribution is 0.0445. The predicted molar refractivity (Wildman–Crippen MR) is 105 cm³/mol. The van der Waals surface area contributed by atoms with Crippen LogP contribution in [0.4, 0.5) is 0 Å². The van der Waals surface area contributed by atoms with Crippen LogP contribution in [0, 0.1) is 29.1 Å². The Bertz CT molecular complexity index is 472. The summed E-state index contributed by atoms with van der Waals surface area (Å²) in [7, 11) is 0. The van der Waals surface area contributed by atoms with Gasteiger partial charge in [-0.25, -0.2) is 0 Å². The Hall–Kier alpha value is -0.120. The number of hydrogen-bond acceptors (Lipinski definition) is 2. The molecule has 0 aromatic rings. The second-order valence-corrected chi connectivity index (χ2v) is 8.85. The van der Waals surface area contributed by atoms with E-state index in [1.807, 2.05) is 0 Å². The van der Waals surface area contributed by atoms with Gasteiger partial charge < -0.3 is 10.2 Å². The van der Waals surface area contributed by atoms with E-state index in [2.05, 4.69) is 48.3 Å². The molecular formula is C21H35BrO2. The molecule has 24 heavy (non-hydrogen) atoms. The molecule has 0 amide bonds. The second-order valence-electron chi connectivity index (χ2n) is 8.39. The standard InChI is InChI=1S/C21H35BrO2/c1-5-17(15(3)13-23)20(24)11-14(2)18-8-9-19-16(12-22)7-6-10-21(18,19)4/h12,14,17-20,23-24H,3,5-11,13H2,1-2,4H3/b16-12+/t14-,17-,18-,19+,20-,21-/m1/s1. The molecule has 3 heteroatoms. The van der Waals surface area contributed by atoms with Crippen molar-refractivity contribution in [2.75, 3.05) is 6.61 Å². The van der Waals surface area contributed by atoms with Crippen LogP contribution in [-0.2, 0) is 0 Å². The zero-order valence-electron chi connectivity index (χ0n) is 15.6. The second kappa shape index (κ2) is 8.51. The summed E-state index contributed by atoms with van der Waals surface area (Å²) >= 11 is 3.59. The Balaban J connectivity index is 2.07. The fourth-order valence-electron chi connectivity index (χ4n) is 5.80. The lowest BCUT2D eigenvalue weighted by Crippen LogP contribution is -2.37. The molecule has 0 aromatic heterocycles. The number of rotatable bonds is 7. The highest BCUT2D eigenvalue weighted by atomic mass is 79.9. The van der Waals surface area contributed by atoms with Gasteiger partial charge in [0, 0.05) is 5.92 Å². The fraction of sp³-hybridized carbons (Fsp3) is 0.810. The summed E-state index contributed by atoms with van der Waals surface area (Å²) in [6.07, 6.45) is 7.68. The van der Waals surface area contributed by atoms with Gasteiger partial charge in [0.1, 0.15) is 0 Å². The quantitative estimate of drug-likeness (QED) is 0.560. The Kier molecular flexibility index (Phi) is 7.16. The van der Waals surface area contributed by atoms with Gasteiger partial charge in [0.2, 0.25) is 0 Å². The first-order valence-corrected chi connectivity index (χ1v) is 10.6. The molecule has 0 spiro atoms. The smallest absolute Gasteiger partial charge is 0.0642 e. The highest BCUT2D eigenvalue weighted by molar-refractivity contribution is 9.11. The summed E-state index contributed by atoms with van der Waals surface area (Å²) in [5, 5.41) is 20.1. The minimum atomic E-state index is -0.387. The van der Waals surface area contributed by atoms with Gasteiger partial charge in [-0.15, -0.1) is 0 Å². The largest absolute Gasteiger partial charge is 0.392 e. The number of halogens is 1. The van der Waals surface area contributed by atoms with E-state index in [1.54, 1.807) is 5.57 Å². The zero-order valence-corrected chi connectivity index (χ0v) is 17.2. The first kappa shape index (κ1) is 20.2. The maximum Gasteiger partial charge on any atom is 0.0642 e. The highest BCUT2D eigenvalue weighted by Crippen LogP contribution is 2.60. The molecule has 2 rings (SSSR count). The number of hydrogen-bond donors (Lipinski definition) is 2. The fourth-order valence-corrected chi connectivity index (χ4v) is 6.35. The van der Waals surface area contributed by atoms with E-state index in [4.69, 9.17) is 0 Å². The van der Waals surface area contributed by atoms with E-state index < -0.39 is 0 Å². The van der Waals surface area contributed by atoms with Crippen LogP contribution in [0.25, 0.3) is 0 Å². The van der Waals surface area contributed by atoms with Crippen LogP contribution in [0.15, 0.2) is 22.7 Å². The third-order valence-corrected chi connectivity index (χ3v) is 7.70. The van der Waals surface area contributed by atoms with Crippen LogP contribution < -0.4 is 0 Å². The monoisotopic (exact) mass is 398 g/mol. The first-order chi connectivity index (χ1) is 11.4. The lowest BCUT2D eigenvalue weighted by Gasteiger charge is -2.44. The van der Waals surface area contributed by atoms with Crippen LogP contribution >= 0.6 is 15.9 Å². The molecule has 0 aromatic carbocycles. The summed E-state index contributed by atoms with van der Waals surface area (Å²) in [6, 6.07) is 0. The summed E-state index contributed by atoms with van der Waals surface area (Å²) in [5.74, 6) is 1.92. The molecule has 0 aliphatic heterocycles. The maximum atomic E-state index is 10.7. The van der Waals surface area contributed by atoms with E-state index in [9.17, 15) is 10.2 Å². The van der Waals surface area contributed by atoms with Gasteiger partial charge in [0.15, 0.2) is 0 Å². The van der Waals surface area contributed by atoms with Crippen LogP contribution in [0.5, 0.6) is 0 Å². The highest BCUT2D eigenvalue weighted by Gasteiger charge is 2.50. The Morgan fingerprint density at radius 3 is 2.75 bits per heavy atom. The van der Waals surface area contributed by atoms with Crippen LogP contribution in [0.2, 0.25) is 0 Å². The SMILES string of the molecule is C=C(CO)[C@@H](CC)[C@H](O)C[C@@H](C)[C@H]1CC[C@H]2/C(=C/Br)CCC[C@]12C. The lowest BCUT2D eigenvalue weighted by atomic mass is 9.61. The summed E-state index contributed by atoms with van der Waals surface area (Å²) in [4.78, 5) is 2.18. The van der Waals surface area contributed by atoms with E-state index in [-0.39, 0.29) is 18.6 Å². The third kappa shape index (κ3) is 3.83. The van der Waals surface area contributed by atoms with Gasteiger partial charge in [-0.05, 0) is 78.7 Å². The van der Waals surface area contributed by atoms with Crippen LogP contribution in [0.1, 0.15) is 65.7 Å². The van der Waals surface area contributed by atoms with Crippen molar-refractivity contribution in [1.29, 1.82) is 0 Å². The van der Waals surface area contributed by atoms with Crippen molar-refractivity contribution < 1.29 is 10.2 Å². The molecule has 0 bridgehead atoms. The Morgan fingerprint density at radius 2 is 2.17 bits per heavy atom. The van der Waals surface area contributed by atoms with Gasteiger partial charge >= 0.3 is 0 Å². The molecule has 2 fully saturated rings. The normalized spacial score (nSPS) is 35.5. The van der Waals surface area contributed by atoms with Crippen molar-refractivity contribution in [3.05, 3.63) is 22.7 Å². The van der Waals surface area contributed by atoms with Crippen molar-refractivity contribution in [3.63, 3.8) is 0 Å². The van der Waals surface area contributed by atoms with Crippen molar-refractivity contribution in [1.82, 2.24) is 0 Å². The maximum absolute atomic E-state index is 10.7. The molecule has 0 unspecified atom stereocenters. The molecule has 0 heterocycles. The van der Waals surface area contributed by atoms with Crippen molar-refractivity contribution >= 4 is 15.9 Å². The first-order valence-electron chi connectivity index (χ1n) is 9.64. The Labute approximate surface area is 156 Å². The van der Waals surface area contributed by atoms with Gasteiger partial charge in [-0.3, -0.25) is 0 Å². The van der Waals surface area contributed by atoms with Crippen molar-refractivity contribution in [2.24, 2.45) is 29.1 Å². The molecule has 6 atom stereocenters. The number of fused-ring (bicyclic) bond motifs is 1. The van der Waals surface area contributed by atoms with E-state index >= 15 is 0 Å². The zero-order chi connectivity index (χ0) is 17.9. The summed E-state index contributed by atoms with van der Waals surface area (Å²) in [5.41, 5.74) is 2.75. The molecule has 0 saturated heterocycles. The van der Waals surface area contributed by atoms with E-state index in [0.29, 0.717) is 23.2 Å². The van der Waals surface area contributed by atoms with Crippen LogP contribution in [0.3, 0.4) is 0 Å². The predicted octanol–water partition coefficient (Wildman–Crippen LogP) is 5.44. The minimum absolute atomic E-state index is 0.0202. The third-order valence-electron chi connectivity index (χ3n) is 7.11. The number of allylic oxidation sites excluding steroid dienone is 1. The molecule has 0 radical (unpaired) electrons. The molecule has 2 N–H and O–H groups in total. The van der Waals surface area contributed by atoms with Crippen molar-refractivity contribution in [3.8, 4) is 0 Å². The molecule has 2 nitrogen and oxygen atoms in total. The minimum Gasteiger partial charge on any atom is -0.392 e. The van der Waals surface area contributed by atoms with Gasteiger partial charge in [0.05, 0.1) is 12.7 Å². The summed E-state index contributed by atoms with van der Waals surface area (Å²) < 4.78 is 0. The average Bonchev–Trinajstić information content (AvgIpc) is 2.92. The number of aliphatic hydroxyl groups excluding tert-OH is 2. The van der Waals surface area contributed by atoms with Crippen molar-refractivity contribution in [2.45, 2.75) is 71.8 Å². The van der Waals surface area contributed by atoms with Crippen LogP contribution in [-0.4, -0.2) is 22.9 Å². The van der Waals surface area contributed by atoms with Gasteiger partial charge in [-0.1, -0.05) is 48.9 Å². The molecule has 2 aliphatic carbocycles. The molecule has 138 valence electrons. The van der Waals surface area contributed by atoms with E-state index in [0.717, 1.165) is 18.4 Å². The average molecular weight is 399 g/mol. The summed E-state index contributed by atoms with van der Waals surface area (Å²) in [6.45, 7) is 10.8. The number of aliphatic hydroxyl groups is 2. The molecule has 2 aliphatic rings. The molecule has 2 saturated carbocycles. The molecular weight excluding hydrogens is 364 g/mol. The Morgan fingerprint density at radius 1 is 1.46 bits per heavy atom. The van der Waals surface area contributed by atoms with E-state index in [1.165, 1.54) is 32.1 Å². The van der Waals surface area contributed by atoms with Gasteiger partial charge in [0.25, 0.3) is 0 Å². The van der Waals surface area contributed by atoms with Gasteiger partial charge in [-0.2, -0.15) is 0 Å². The topological polar surface area (TPSA) is 40.5 Å².